The van der Waals surface area contributed by atoms with Crippen LogP contribution in [0.5, 0.6) is 5.88 Å². The van der Waals surface area contributed by atoms with Crippen LogP contribution in [0.4, 0.5) is 4.79 Å². The van der Waals surface area contributed by atoms with Gasteiger partial charge in [-0.3, -0.25) is 4.57 Å². The predicted molar refractivity (Wildman–Crippen MR) is 135 cm³/mol. The number of benzene rings is 3. The molecular weight excluding hydrogens is 469 g/mol. The summed E-state index contributed by atoms with van der Waals surface area (Å²) < 4.78 is 9.04. The van der Waals surface area contributed by atoms with Crippen LogP contribution in [0.2, 0.25) is 10.0 Å². The van der Waals surface area contributed by atoms with E-state index in [-0.39, 0.29) is 0 Å². The average molecular weight is 488 g/mol. The molecule has 0 N–H and O–H groups in total. The number of rotatable bonds is 5. The Kier molecular flexibility index (Phi) is 6.21. The molecule has 0 radical (unpaired) electrons. The number of nitrogens with zero attached hydrogens (tertiary/aromatic N) is 3. The van der Waals surface area contributed by atoms with Crippen molar-refractivity contribution < 1.29 is 9.53 Å². The predicted octanol–water partition coefficient (Wildman–Crippen LogP) is 7.42. The van der Waals surface area contributed by atoms with Crippen LogP contribution in [0.15, 0.2) is 103 Å². The summed E-state index contributed by atoms with van der Waals surface area (Å²) in [6, 6.07) is 28.5. The molecule has 0 aliphatic heterocycles. The van der Waals surface area contributed by atoms with Crippen molar-refractivity contribution in [1.82, 2.24) is 14.3 Å². The van der Waals surface area contributed by atoms with Gasteiger partial charge in [-0.1, -0.05) is 89.9 Å². The van der Waals surface area contributed by atoms with Gasteiger partial charge >= 0.3 is 6.09 Å². The van der Waals surface area contributed by atoms with Gasteiger partial charge in [-0.05, 0) is 35.4 Å². The summed E-state index contributed by atoms with van der Waals surface area (Å²) in [7, 11) is 0. The molecule has 0 aliphatic carbocycles. The van der Waals surface area contributed by atoms with Crippen molar-refractivity contribution in [1.29, 1.82) is 0 Å². The molecule has 5 rings (SSSR count). The molecule has 0 amide bonds. The van der Waals surface area contributed by atoms with Crippen molar-refractivity contribution in [3.63, 3.8) is 0 Å². The smallest absolute Gasteiger partial charge is 0.390 e. The SMILES string of the molecule is O=C(Oc1c(-c2ccccc2)c(-c2ccccc2)nn1Cc1ccc(Cl)c(Cl)c1)n1cccc1. The Bertz CT molecular complexity index is 1430. The van der Waals surface area contributed by atoms with E-state index < -0.39 is 6.09 Å². The van der Waals surface area contributed by atoms with Crippen molar-refractivity contribution in [3.05, 3.63) is 119 Å². The van der Waals surface area contributed by atoms with E-state index in [2.05, 4.69) is 0 Å². The number of hydrogen-bond donors (Lipinski definition) is 0. The molecule has 5 aromatic rings. The summed E-state index contributed by atoms with van der Waals surface area (Å²) in [6.45, 7) is 0.331. The van der Waals surface area contributed by atoms with E-state index in [1.165, 1.54) is 4.57 Å². The van der Waals surface area contributed by atoms with Crippen molar-refractivity contribution in [2.24, 2.45) is 0 Å². The van der Waals surface area contributed by atoms with Gasteiger partial charge in [0.25, 0.3) is 0 Å². The highest BCUT2D eigenvalue weighted by atomic mass is 35.5. The number of hydrogen-bond acceptors (Lipinski definition) is 3. The third-order valence-electron chi connectivity index (χ3n) is 5.33. The highest BCUT2D eigenvalue weighted by molar-refractivity contribution is 6.42. The van der Waals surface area contributed by atoms with Crippen molar-refractivity contribution in [2.45, 2.75) is 6.54 Å². The molecular formula is C27H19Cl2N3O2. The van der Waals surface area contributed by atoms with Crippen LogP contribution in [-0.4, -0.2) is 20.4 Å². The van der Waals surface area contributed by atoms with Crippen LogP contribution in [0.3, 0.4) is 0 Å². The lowest BCUT2D eigenvalue weighted by Crippen LogP contribution is -2.18. The van der Waals surface area contributed by atoms with Crippen LogP contribution in [0.1, 0.15) is 5.56 Å². The van der Waals surface area contributed by atoms with Gasteiger partial charge in [-0.2, -0.15) is 5.10 Å². The Morgan fingerprint density at radius 1 is 0.794 bits per heavy atom. The minimum Gasteiger partial charge on any atom is -0.390 e. The molecule has 168 valence electrons. The monoisotopic (exact) mass is 487 g/mol. The quantitative estimate of drug-likeness (QED) is 0.259. The maximum Gasteiger partial charge on any atom is 0.424 e. The first-order valence-corrected chi connectivity index (χ1v) is 11.4. The Morgan fingerprint density at radius 3 is 2.09 bits per heavy atom. The molecule has 7 heteroatoms. The fourth-order valence-corrected chi connectivity index (χ4v) is 4.04. The van der Waals surface area contributed by atoms with Crippen LogP contribution in [0.25, 0.3) is 22.4 Å². The normalized spacial score (nSPS) is 10.9. The third kappa shape index (κ3) is 4.49. The third-order valence-corrected chi connectivity index (χ3v) is 6.07. The number of carbonyl (C=O) groups is 1. The van der Waals surface area contributed by atoms with E-state index in [9.17, 15) is 4.79 Å². The highest BCUT2D eigenvalue weighted by Gasteiger charge is 2.25. The molecule has 2 aromatic heterocycles. The Balaban J connectivity index is 1.69. The molecule has 0 fully saturated rings. The summed E-state index contributed by atoms with van der Waals surface area (Å²) >= 11 is 12.4. The van der Waals surface area contributed by atoms with Gasteiger partial charge in [0.1, 0.15) is 5.69 Å². The van der Waals surface area contributed by atoms with E-state index >= 15 is 0 Å². The topological polar surface area (TPSA) is 49.0 Å². The van der Waals surface area contributed by atoms with Crippen LogP contribution in [0, 0.1) is 0 Å². The van der Waals surface area contributed by atoms with Gasteiger partial charge in [-0.25, -0.2) is 9.48 Å². The maximum atomic E-state index is 13.0. The summed E-state index contributed by atoms with van der Waals surface area (Å²) in [5, 5.41) is 5.81. The molecule has 0 saturated heterocycles. The van der Waals surface area contributed by atoms with Gasteiger partial charge < -0.3 is 4.74 Å². The first-order valence-electron chi connectivity index (χ1n) is 10.6. The number of ether oxygens (including phenoxy) is 1. The second-order valence-electron chi connectivity index (χ2n) is 7.63. The number of halogens is 2. The lowest BCUT2D eigenvalue weighted by atomic mass is 10.0. The standard InChI is InChI=1S/C27H19Cl2N3O2/c28-22-14-13-19(17-23(22)29)18-32-26(34-27(33)31-15-7-8-16-31)24(20-9-3-1-4-10-20)25(30-32)21-11-5-2-6-12-21/h1-17H,18H2. The lowest BCUT2D eigenvalue weighted by Gasteiger charge is -2.11. The van der Waals surface area contributed by atoms with Gasteiger partial charge in [0.2, 0.25) is 5.88 Å². The molecule has 0 unspecified atom stereocenters. The molecule has 2 heterocycles. The van der Waals surface area contributed by atoms with Gasteiger partial charge in [0, 0.05) is 18.0 Å². The average Bonchev–Trinajstić information content (AvgIpc) is 3.52. The highest BCUT2D eigenvalue weighted by Crippen LogP contribution is 2.40. The molecule has 0 saturated carbocycles. The van der Waals surface area contributed by atoms with Gasteiger partial charge in [-0.15, -0.1) is 0 Å². The summed E-state index contributed by atoms with van der Waals surface area (Å²) in [5.41, 5.74) is 4.11. The number of carbonyl (C=O) groups excluding carboxylic acids is 1. The summed E-state index contributed by atoms with van der Waals surface area (Å²) in [6.07, 6.45) is 2.75. The fourth-order valence-electron chi connectivity index (χ4n) is 3.72. The summed E-state index contributed by atoms with van der Waals surface area (Å²) in [4.78, 5) is 13.0. The maximum absolute atomic E-state index is 13.0. The van der Waals surface area contributed by atoms with Crippen molar-refractivity contribution in [3.8, 4) is 28.3 Å². The number of aromatic nitrogens is 3. The van der Waals surface area contributed by atoms with Crippen molar-refractivity contribution in [2.75, 3.05) is 0 Å². The van der Waals surface area contributed by atoms with Crippen LogP contribution >= 0.6 is 23.2 Å². The lowest BCUT2D eigenvalue weighted by molar-refractivity contribution is 0.198. The van der Waals surface area contributed by atoms with Crippen LogP contribution in [-0.2, 0) is 6.54 Å². The fraction of sp³-hybridized carbons (Fsp3) is 0.0370. The molecule has 5 nitrogen and oxygen atoms in total. The van der Waals surface area contributed by atoms with E-state index in [4.69, 9.17) is 33.0 Å². The molecule has 34 heavy (non-hydrogen) atoms. The Hall–Kier alpha value is -3.80. The molecule has 0 atom stereocenters. The minimum atomic E-state index is -0.530. The molecule has 0 spiro atoms. The second-order valence-corrected chi connectivity index (χ2v) is 8.44. The van der Waals surface area contributed by atoms with E-state index in [1.807, 2.05) is 66.7 Å². The molecule has 3 aromatic carbocycles. The molecule has 0 bridgehead atoms. The zero-order valence-electron chi connectivity index (χ0n) is 17.9. The largest absolute Gasteiger partial charge is 0.424 e. The molecule has 0 aliphatic rings. The van der Waals surface area contributed by atoms with Crippen molar-refractivity contribution >= 4 is 29.3 Å². The minimum absolute atomic E-state index is 0.331. The Labute approximate surface area is 206 Å². The first-order chi connectivity index (χ1) is 16.6. The first kappa shape index (κ1) is 22.0. The summed E-state index contributed by atoms with van der Waals surface area (Å²) in [5.74, 6) is 0.342. The second kappa shape index (κ2) is 9.59. The van der Waals surface area contributed by atoms with Gasteiger partial charge in [0.15, 0.2) is 0 Å². The van der Waals surface area contributed by atoms with E-state index in [0.29, 0.717) is 28.2 Å². The van der Waals surface area contributed by atoms with E-state index in [1.54, 1.807) is 41.3 Å². The van der Waals surface area contributed by atoms with Crippen LogP contribution < -0.4 is 4.74 Å². The zero-order valence-corrected chi connectivity index (χ0v) is 19.4. The van der Waals surface area contributed by atoms with E-state index in [0.717, 1.165) is 22.3 Å². The Morgan fingerprint density at radius 2 is 1.44 bits per heavy atom. The van der Waals surface area contributed by atoms with Gasteiger partial charge in [0.05, 0.1) is 22.2 Å². The zero-order chi connectivity index (χ0) is 23.5.